The first-order chi connectivity index (χ1) is 21.4. The Morgan fingerprint density at radius 1 is 1.18 bits per heavy atom. The van der Waals surface area contributed by atoms with E-state index in [2.05, 4.69) is 15.7 Å². The summed E-state index contributed by atoms with van der Waals surface area (Å²) < 4.78 is 27.5. The van der Waals surface area contributed by atoms with Crippen LogP contribution in [0.3, 0.4) is 0 Å². The van der Waals surface area contributed by atoms with Crippen LogP contribution in [0, 0.1) is 5.82 Å². The van der Waals surface area contributed by atoms with Crippen molar-refractivity contribution in [3.63, 3.8) is 0 Å². The van der Waals surface area contributed by atoms with Gasteiger partial charge in [0.15, 0.2) is 12.4 Å². The zero-order chi connectivity index (χ0) is 30.9. The standard InChI is InChI=1S/C33H42FN5O5/c1-38-21-25(20-36-38)27-19-23(7-9-28(27)34)12-17-43-18-13-31(42)39(26-5-3-2-4-6-26)16-15-35-14-11-24-8-10-29(40)32-33(24)44-22-30(41)37-32/h7-10,19-21,26,35,40H,2-6,11-18,22H2,1H3,(H,37,41). The molecule has 44 heavy (non-hydrogen) atoms. The highest BCUT2D eigenvalue weighted by molar-refractivity contribution is 5.97. The van der Waals surface area contributed by atoms with Gasteiger partial charge in [0.1, 0.15) is 17.3 Å². The highest BCUT2D eigenvalue weighted by Crippen LogP contribution is 2.39. The van der Waals surface area contributed by atoms with Crippen LogP contribution in [0.1, 0.15) is 49.7 Å². The molecule has 1 saturated carbocycles. The van der Waals surface area contributed by atoms with Crippen molar-refractivity contribution in [2.45, 2.75) is 57.4 Å². The van der Waals surface area contributed by atoms with Gasteiger partial charge in [-0.25, -0.2) is 4.39 Å². The molecule has 11 heteroatoms. The summed E-state index contributed by atoms with van der Waals surface area (Å²) in [5, 5.41) is 20.3. The molecule has 0 unspecified atom stereocenters. The first-order valence-electron chi connectivity index (χ1n) is 15.5. The van der Waals surface area contributed by atoms with Crippen molar-refractivity contribution in [3.05, 3.63) is 59.7 Å². The van der Waals surface area contributed by atoms with E-state index < -0.39 is 0 Å². The van der Waals surface area contributed by atoms with Crippen LogP contribution in [0.25, 0.3) is 11.1 Å². The van der Waals surface area contributed by atoms with Crippen LogP contribution in [-0.4, -0.2) is 77.1 Å². The lowest BCUT2D eigenvalue weighted by atomic mass is 9.94. The normalized spacial score (nSPS) is 15.0. The third-order valence-corrected chi connectivity index (χ3v) is 8.31. The molecule has 1 aliphatic carbocycles. The Bertz CT molecular complexity index is 1440. The molecule has 2 aliphatic rings. The zero-order valence-corrected chi connectivity index (χ0v) is 25.3. The number of benzene rings is 2. The molecule has 0 bridgehead atoms. The van der Waals surface area contributed by atoms with Gasteiger partial charge in [-0.3, -0.25) is 14.3 Å². The Morgan fingerprint density at radius 3 is 2.82 bits per heavy atom. The molecule has 5 rings (SSSR count). The Morgan fingerprint density at radius 2 is 2.02 bits per heavy atom. The van der Waals surface area contributed by atoms with E-state index in [0.29, 0.717) is 69.1 Å². The van der Waals surface area contributed by atoms with E-state index in [4.69, 9.17) is 9.47 Å². The van der Waals surface area contributed by atoms with Gasteiger partial charge in [0.05, 0.1) is 25.8 Å². The number of hydrogen-bond acceptors (Lipinski definition) is 7. The Kier molecular flexibility index (Phi) is 10.8. The monoisotopic (exact) mass is 607 g/mol. The van der Waals surface area contributed by atoms with Crippen LogP contribution >= 0.6 is 0 Å². The summed E-state index contributed by atoms with van der Waals surface area (Å²) in [7, 11) is 1.80. The van der Waals surface area contributed by atoms with Crippen LogP contribution in [0.15, 0.2) is 42.7 Å². The van der Waals surface area contributed by atoms with Crippen molar-refractivity contribution in [2.75, 3.05) is 44.8 Å². The van der Waals surface area contributed by atoms with Gasteiger partial charge in [-0.2, -0.15) is 5.10 Å². The number of carbonyl (C=O) groups is 2. The number of amides is 2. The predicted molar refractivity (Wildman–Crippen MR) is 165 cm³/mol. The van der Waals surface area contributed by atoms with E-state index in [-0.39, 0.29) is 36.0 Å². The number of hydrogen-bond donors (Lipinski definition) is 3. The van der Waals surface area contributed by atoms with Crippen molar-refractivity contribution in [2.24, 2.45) is 7.05 Å². The number of phenols is 1. The minimum absolute atomic E-state index is 0.0132. The molecule has 3 N–H and O–H groups in total. The van der Waals surface area contributed by atoms with E-state index in [1.54, 1.807) is 42.3 Å². The minimum atomic E-state index is -0.288. The SMILES string of the molecule is Cn1cc(-c2cc(CCOCCC(=O)N(CCNCCc3ccc(O)c4c3OCC(=O)N4)C3CCCCC3)ccc2F)cn1. The van der Waals surface area contributed by atoms with Crippen molar-refractivity contribution >= 4 is 17.5 Å². The topological polar surface area (TPSA) is 118 Å². The molecule has 0 radical (unpaired) electrons. The fraction of sp³-hybridized carbons (Fsp3) is 0.485. The number of fused-ring (bicyclic) bond motifs is 1. The number of nitrogens with zero attached hydrogens (tertiary/aromatic N) is 3. The molecular formula is C33H42FN5O5. The molecule has 2 heterocycles. The number of aromatic nitrogens is 2. The molecule has 10 nitrogen and oxygen atoms in total. The molecule has 1 aromatic heterocycles. The van der Waals surface area contributed by atoms with E-state index in [1.165, 1.54) is 12.5 Å². The first-order valence-corrected chi connectivity index (χ1v) is 15.5. The lowest BCUT2D eigenvalue weighted by Crippen LogP contribution is -2.45. The van der Waals surface area contributed by atoms with Crippen LogP contribution in [0.2, 0.25) is 0 Å². The number of nitrogens with one attached hydrogen (secondary N) is 2. The molecule has 2 aromatic carbocycles. The maximum Gasteiger partial charge on any atom is 0.262 e. The summed E-state index contributed by atoms with van der Waals surface area (Å²) in [5.74, 6) is 0.0358. The lowest BCUT2D eigenvalue weighted by Gasteiger charge is -2.34. The molecule has 0 atom stereocenters. The average molecular weight is 608 g/mol. The van der Waals surface area contributed by atoms with Crippen molar-refractivity contribution in [1.82, 2.24) is 20.0 Å². The number of carbonyl (C=O) groups excluding carboxylic acids is 2. The Balaban J connectivity index is 1.06. The van der Waals surface area contributed by atoms with Crippen LogP contribution in [0.4, 0.5) is 10.1 Å². The number of phenolic OH excluding ortho intramolecular Hbond substituents is 1. The molecule has 236 valence electrons. The Hall–Kier alpha value is -3.96. The molecular weight excluding hydrogens is 565 g/mol. The fourth-order valence-corrected chi connectivity index (χ4v) is 5.97. The smallest absolute Gasteiger partial charge is 0.262 e. The maximum absolute atomic E-state index is 14.4. The quantitative estimate of drug-likeness (QED) is 0.186. The molecule has 2 amide bonds. The molecule has 1 aliphatic heterocycles. The van der Waals surface area contributed by atoms with Crippen molar-refractivity contribution < 1.29 is 28.6 Å². The van der Waals surface area contributed by atoms with Gasteiger partial charge in [-0.15, -0.1) is 0 Å². The number of anilines is 1. The highest BCUT2D eigenvalue weighted by Gasteiger charge is 2.25. The summed E-state index contributed by atoms with van der Waals surface area (Å²) in [6, 6.07) is 8.70. The number of aromatic hydroxyl groups is 1. The molecule has 3 aromatic rings. The summed E-state index contributed by atoms with van der Waals surface area (Å²) in [4.78, 5) is 27.0. The summed E-state index contributed by atoms with van der Waals surface area (Å²) in [6.07, 6.45) is 10.6. The van der Waals surface area contributed by atoms with E-state index in [1.807, 2.05) is 11.0 Å². The van der Waals surface area contributed by atoms with Gasteiger partial charge in [-0.1, -0.05) is 31.4 Å². The predicted octanol–water partition coefficient (Wildman–Crippen LogP) is 4.21. The molecule has 1 fully saturated rings. The fourth-order valence-electron chi connectivity index (χ4n) is 5.97. The van der Waals surface area contributed by atoms with Crippen LogP contribution in [0.5, 0.6) is 11.5 Å². The minimum Gasteiger partial charge on any atom is -0.506 e. The van der Waals surface area contributed by atoms with Gasteiger partial charge in [0, 0.05) is 43.5 Å². The second-order valence-corrected chi connectivity index (χ2v) is 11.5. The van der Waals surface area contributed by atoms with Gasteiger partial charge in [0.2, 0.25) is 5.91 Å². The molecule has 0 spiro atoms. The van der Waals surface area contributed by atoms with E-state index >= 15 is 0 Å². The molecule has 0 saturated heterocycles. The van der Waals surface area contributed by atoms with Gasteiger partial charge in [0.25, 0.3) is 5.91 Å². The van der Waals surface area contributed by atoms with Gasteiger partial charge >= 0.3 is 0 Å². The van der Waals surface area contributed by atoms with Crippen molar-refractivity contribution in [3.8, 4) is 22.6 Å². The van der Waals surface area contributed by atoms with Crippen molar-refractivity contribution in [1.29, 1.82) is 0 Å². The Labute approximate surface area is 257 Å². The number of aryl methyl sites for hydroxylation is 1. The largest absolute Gasteiger partial charge is 0.506 e. The maximum atomic E-state index is 14.4. The third kappa shape index (κ3) is 8.15. The third-order valence-electron chi connectivity index (χ3n) is 8.31. The second kappa shape index (κ2) is 15.2. The lowest BCUT2D eigenvalue weighted by molar-refractivity contribution is -0.135. The summed E-state index contributed by atoms with van der Waals surface area (Å²) in [6.45, 7) is 2.66. The number of ether oxygens (including phenoxy) is 2. The number of halogens is 1. The van der Waals surface area contributed by atoms with Gasteiger partial charge in [-0.05, 0) is 61.6 Å². The second-order valence-electron chi connectivity index (χ2n) is 11.5. The van der Waals surface area contributed by atoms with E-state index in [9.17, 15) is 19.1 Å². The first kappa shape index (κ1) is 31.5. The van der Waals surface area contributed by atoms with E-state index in [0.717, 1.165) is 42.4 Å². The van der Waals surface area contributed by atoms with Gasteiger partial charge < -0.3 is 30.1 Å². The zero-order valence-electron chi connectivity index (χ0n) is 25.3. The summed E-state index contributed by atoms with van der Waals surface area (Å²) in [5.41, 5.74) is 3.44. The summed E-state index contributed by atoms with van der Waals surface area (Å²) >= 11 is 0. The highest BCUT2D eigenvalue weighted by atomic mass is 19.1. The average Bonchev–Trinajstić information content (AvgIpc) is 3.46. The van der Waals surface area contributed by atoms with Crippen LogP contribution < -0.4 is 15.4 Å². The van der Waals surface area contributed by atoms with Crippen LogP contribution in [-0.2, 0) is 34.2 Å². The number of rotatable bonds is 14.